The van der Waals surface area contributed by atoms with E-state index in [0.717, 1.165) is 12.1 Å². The highest BCUT2D eigenvalue weighted by Gasteiger charge is 2.34. The fraction of sp³-hybridized carbons (Fsp3) is 0.0833. The SMILES string of the molecule is O=S(=O)(Nc1cnccc1-n1ccnn1)c1ccc(C(F)(F)F)s1. The lowest BCUT2D eigenvalue weighted by Gasteiger charge is -2.10. The summed E-state index contributed by atoms with van der Waals surface area (Å²) in [5.41, 5.74) is 0.392. The number of hydrogen-bond acceptors (Lipinski definition) is 6. The molecule has 12 heteroatoms. The average molecular weight is 375 g/mol. The summed E-state index contributed by atoms with van der Waals surface area (Å²) in [4.78, 5) is 2.82. The molecule has 0 aliphatic carbocycles. The molecule has 0 radical (unpaired) electrons. The highest BCUT2D eigenvalue weighted by molar-refractivity contribution is 7.94. The number of hydrogen-bond donors (Lipinski definition) is 1. The number of alkyl halides is 3. The minimum Gasteiger partial charge on any atom is -0.275 e. The van der Waals surface area contributed by atoms with Crippen molar-refractivity contribution >= 4 is 27.0 Å². The number of pyridine rings is 1. The topological polar surface area (TPSA) is 89.8 Å². The van der Waals surface area contributed by atoms with Crippen molar-refractivity contribution in [2.45, 2.75) is 10.4 Å². The average Bonchev–Trinajstić information content (AvgIpc) is 3.19. The summed E-state index contributed by atoms with van der Waals surface area (Å²) in [6.07, 6.45) is 0.931. The quantitative estimate of drug-likeness (QED) is 0.757. The van der Waals surface area contributed by atoms with Crippen LogP contribution < -0.4 is 4.72 Å². The lowest BCUT2D eigenvalue weighted by atomic mass is 10.3. The number of rotatable bonds is 4. The molecule has 1 N–H and O–H groups in total. The van der Waals surface area contributed by atoms with Gasteiger partial charge in [-0.25, -0.2) is 13.1 Å². The molecule has 3 heterocycles. The number of halogens is 3. The molecule has 0 saturated carbocycles. The number of nitrogens with zero attached hydrogens (tertiary/aromatic N) is 4. The molecule has 24 heavy (non-hydrogen) atoms. The maximum atomic E-state index is 12.6. The Labute approximate surface area is 137 Å². The lowest BCUT2D eigenvalue weighted by molar-refractivity contribution is -0.134. The Hall–Kier alpha value is -2.47. The van der Waals surface area contributed by atoms with Crippen LogP contribution in [0.3, 0.4) is 0 Å². The molecule has 0 aliphatic rings. The molecule has 0 fully saturated rings. The van der Waals surface area contributed by atoms with Crippen LogP contribution in [0.25, 0.3) is 5.69 Å². The van der Waals surface area contributed by atoms with Gasteiger partial charge in [0.1, 0.15) is 9.09 Å². The molecule has 0 unspecified atom stereocenters. The summed E-state index contributed by atoms with van der Waals surface area (Å²) < 4.78 is 65.6. The van der Waals surface area contributed by atoms with Gasteiger partial charge in [0.25, 0.3) is 10.0 Å². The molecule has 0 amide bonds. The van der Waals surface area contributed by atoms with E-state index in [1.165, 1.54) is 35.5 Å². The van der Waals surface area contributed by atoms with Crippen LogP contribution in [0.4, 0.5) is 18.9 Å². The zero-order chi connectivity index (χ0) is 17.4. The molecule has 0 saturated heterocycles. The van der Waals surface area contributed by atoms with E-state index < -0.39 is 25.3 Å². The molecule has 3 aromatic rings. The summed E-state index contributed by atoms with van der Waals surface area (Å²) in [5.74, 6) is 0. The minimum absolute atomic E-state index is 0.0601. The second-order valence-corrected chi connectivity index (χ2v) is 7.46. The van der Waals surface area contributed by atoms with Gasteiger partial charge < -0.3 is 0 Å². The van der Waals surface area contributed by atoms with E-state index in [2.05, 4.69) is 20.0 Å². The fourth-order valence-corrected chi connectivity index (χ4v) is 4.05. The molecule has 3 rings (SSSR count). The normalized spacial score (nSPS) is 12.3. The third-order valence-electron chi connectivity index (χ3n) is 2.84. The van der Waals surface area contributed by atoms with E-state index in [9.17, 15) is 21.6 Å². The molecule has 0 aromatic carbocycles. The van der Waals surface area contributed by atoms with Crippen LogP contribution in [0, 0.1) is 0 Å². The van der Waals surface area contributed by atoms with Gasteiger partial charge in [-0.05, 0) is 18.2 Å². The Morgan fingerprint density at radius 1 is 1.17 bits per heavy atom. The van der Waals surface area contributed by atoms with E-state index in [4.69, 9.17) is 0 Å². The van der Waals surface area contributed by atoms with Crippen LogP contribution in [0.1, 0.15) is 4.88 Å². The molecule has 0 spiro atoms. The minimum atomic E-state index is -4.60. The van der Waals surface area contributed by atoms with Crippen LogP contribution in [-0.4, -0.2) is 28.4 Å². The van der Waals surface area contributed by atoms with Crippen LogP contribution in [0.2, 0.25) is 0 Å². The zero-order valence-electron chi connectivity index (χ0n) is 11.6. The number of nitrogens with one attached hydrogen (secondary N) is 1. The highest BCUT2D eigenvalue weighted by Crippen LogP contribution is 2.36. The van der Waals surface area contributed by atoms with Gasteiger partial charge in [0, 0.05) is 6.20 Å². The van der Waals surface area contributed by atoms with Gasteiger partial charge >= 0.3 is 6.18 Å². The fourth-order valence-electron chi connectivity index (χ4n) is 1.81. The molecular weight excluding hydrogens is 367 g/mol. The standard InChI is InChI=1S/C12H8F3N5O2S2/c13-12(14,15)10-1-2-11(23-10)24(21,22)18-8-7-16-4-3-9(8)20-6-5-17-19-20/h1-7,18H. The van der Waals surface area contributed by atoms with Crippen molar-refractivity contribution in [3.05, 3.63) is 47.9 Å². The smallest absolute Gasteiger partial charge is 0.275 e. The van der Waals surface area contributed by atoms with Gasteiger partial charge in [-0.15, -0.1) is 16.4 Å². The predicted octanol–water partition coefficient (Wildman–Crippen LogP) is 2.54. The Kier molecular flexibility index (Phi) is 4.01. The number of thiophene rings is 1. The van der Waals surface area contributed by atoms with Crippen molar-refractivity contribution < 1.29 is 21.6 Å². The van der Waals surface area contributed by atoms with Gasteiger partial charge in [0.05, 0.1) is 30.0 Å². The second kappa shape index (κ2) is 5.87. The maximum absolute atomic E-state index is 12.6. The highest BCUT2D eigenvalue weighted by atomic mass is 32.2. The van der Waals surface area contributed by atoms with Crippen LogP contribution in [-0.2, 0) is 16.2 Å². The van der Waals surface area contributed by atoms with Crippen molar-refractivity contribution in [1.82, 2.24) is 20.0 Å². The van der Waals surface area contributed by atoms with Crippen molar-refractivity contribution in [2.24, 2.45) is 0 Å². The van der Waals surface area contributed by atoms with E-state index in [1.54, 1.807) is 0 Å². The number of anilines is 1. The van der Waals surface area contributed by atoms with Crippen LogP contribution in [0.5, 0.6) is 0 Å². The summed E-state index contributed by atoms with van der Waals surface area (Å²) in [6, 6.07) is 3.12. The van der Waals surface area contributed by atoms with E-state index >= 15 is 0 Å². The van der Waals surface area contributed by atoms with Gasteiger partial charge in [-0.3, -0.25) is 9.71 Å². The van der Waals surface area contributed by atoms with Gasteiger partial charge in [0.15, 0.2) is 0 Å². The molecule has 3 aromatic heterocycles. The van der Waals surface area contributed by atoms with Crippen molar-refractivity contribution in [3.63, 3.8) is 0 Å². The van der Waals surface area contributed by atoms with Crippen LogP contribution in [0.15, 0.2) is 47.2 Å². The Bertz CT molecular complexity index is 951. The number of sulfonamides is 1. The van der Waals surface area contributed by atoms with Gasteiger partial charge in [0.2, 0.25) is 0 Å². The Morgan fingerprint density at radius 3 is 2.58 bits per heavy atom. The molecule has 0 atom stereocenters. The van der Waals surface area contributed by atoms with Gasteiger partial charge in [-0.1, -0.05) is 5.21 Å². The Balaban J connectivity index is 1.95. The van der Waals surface area contributed by atoms with Crippen LogP contribution >= 0.6 is 11.3 Å². The first kappa shape index (κ1) is 16.4. The first-order valence-electron chi connectivity index (χ1n) is 6.28. The van der Waals surface area contributed by atoms with Crippen molar-refractivity contribution in [2.75, 3.05) is 4.72 Å². The summed E-state index contributed by atoms with van der Waals surface area (Å²) in [5, 5.41) is 7.36. The predicted molar refractivity (Wildman–Crippen MR) is 79.3 cm³/mol. The second-order valence-electron chi connectivity index (χ2n) is 4.46. The van der Waals surface area contributed by atoms with E-state index in [-0.39, 0.29) is 17.0 Å². The molecule has 126 valence electrons. The Morgan fingerprint density at radius 2 is 1.96 bits per heavy atom. The van der Waals surface area contributed by atoms with Crippen molar-refractivity contribution in [1.29, 1.82) is 0 Å². The summed E-state index contributed by atoms with van der Waals surface area (Å²) in [6.45, 7) is 0. The van der Waals surface area contributed by atoms with Crippen molar-refractivity contribution in [3.8, 4) is 5.69 Å². The molecular formula is C12H8F3N5O2S2. The maximum Gasteiger partial charge on any atom is 0.425 e. The summed E-state index contributed by atoms with van der Waals surface area (Å²) >= 11 is 0.139. The molecule has 0 bridgehead atoms. The molecule has 7 nitrogen and oxygen atoms in total. The summed E-state index contributed by atoms with van der Waals surface area (Å²) in [7, 11) is -4.20. The van der Waals surface area contributed by atoms with Gasteiger partial charge in [-0.2, -0.15) is 13.2 Å². The number of aromatic nitrogens is 4. The molecule has 0 aliphatic heterocycles. The first-order chi connectivity index (χ1) is 11.3. The third kappa shape index (κ3) is 3.23. The van der Waals surface area contributed by atoms with E-state index in [0.29, 0.717) is 5.69 Å². The van der Waals surface area contributed by atoms with E-state index in [1.807, 2.05) is 0 Å². The monoisotopic (exact) mass is 375 g/mol. The lowest BCUT2D eigenvalue weighted by Crippen LogP contribution is -2.14. The zero-order valence-corrected chi connectivity index (χ0v) is 13.2. The third-order valence-corrected chi connectivity index (χ3v) is 5.82. The largest absolute Gasteiger partial charge is 0.425 e. The first-order valence-corrected chi connectivity index (χ1v) is 8.58.